The molecule has 1 aliphatic rings. The SMILES string of the molecule is CC1(C)CCCC1NCC(O)COc1ccc(Cl)cc1Cl. The molecule has 0 spiro atoms. The number of rotatable bonds is 6. The van der Waals surface area contributed by atoms with E-state index in [0.29, 0.717) is 33.8 Å². The molecule has 5 heteroatoms. The van der Waals surface area contributed by atoms with Crippen LogP contribution in [0, 0.1) is 5.41 Å². The highest BCUT2D eigenvalue weighted by Gasteiger charge is 2.34. The van der Waals surface area contributed by atoms with Gasteiger partial charge in [-0.1, -0.05) is 43.5 Å². The van der Waals surface area contributed by atoms with E-state index in [0.717, 1.165) is 0 Å². The number of ether oxygens (including phenoxy) is 1. The Hall–Kier alpha value is -0.480. The molecular weight excluding hydrogens is 309 g/mol. The van der Waals surface area contributed by atoms with Crippen LogP contribution in [0.5, 0.6) is 5.75 Å². The minimum absolute atomic E-state index is 0.210. The van der Waals surface area contributed by atoms with Crippen LogP contribution in [-0.4, -0.2) is 30.4 Å². The van der Waals surface area contributed by atoms with Gasteiger partial charge in [0.05, 0.1) is 5.02 Å². The van der Waals surface area contributed by atoms with Crippen LogP contribution >= 0.6 is 23.2 Å². The van der Waals surface area contributed by atoms with E-state index >= 15 is 0 Å². The van der Waals surface area contributed by atoms with Gasteiger partial charge in [-0.05, 0) is 36.5 Å². The van der Waals surface area contributed by atoms with Crippen molar-refractivity contribution >= 4 is 23.2 Å². The summed E-state index contributed by atoms with van der Waals surface area (Å²) in [5.41, 5.74) is 0.306. The van der Waals surface area contributed by atoms with Gasteiger partial charge < -0.3 is 15.2 Å². The minimum atomic E-state index is -0.562. The van der Waals surface area contributed by atoms with Gasteiger partial charge in [-0.15, -0.1) is 0 Å². The lowest BCUT2D eigenvalue weighted by molar-refractivity contribution is 0.0986. The first-order valence-corrected chi connectivity index (χ1v) is 8.13. The molecule has 1 aromatic rings. The van der Waals surface area contributed by atoms with Crippen LogP contribution in [0.2, 0.25) is 10.0 Å². The molecule has 3 nitrogen and oxygen atoms in total. The third-order valence-corrected chi connectivity index (χ3v) is 4.71. The highest BCUT2D eigenvalue weighted by molar-refractivity contribution is 6.35. The van der Waals surface area contributed by atoms with Crippen molar-refractivity contribution in [1.82, 2.24) is 5.32 Å². The van der Waals surface area contributed by atoms with E-state index in [1.807, 2.05) is 0 Å². The number of hydrogen-bond acceptors (Lipinski definition) is 3. The summed E-state index contributed by atoms with van der Waals surface area (Å²) < 4.78 is 5.54. The standard InChI is InChI=1S/C16H23Cl2NO2/c1-16(2)7-3-4-15(16)19-9-12(20)10-21-14-6-5-11(17)8-13(14)18/h5-6,8,12,15,19-20H,3-4,7,9-10H2,1-2H3. The Kier molecular flexibility index (Phi) is 5.78. The molecule has 0 radical (unpaired) electrons. The largest absolute Gasteiger partial charge is 0.489 e. The fourth-order valence-electron chi connectivity index (χ4n) is 2.82. The summed E-state index contributed by atoms with van der Waals surface area (Å²) in [4.78, 5) is 0. The van der Waals surface area contributed by atoms with Crippen molar-refractivity contribution in [3.05, 3.63) is 28.2 Å². The maximum Gasteiger partial charge on any atom is 0.138 e. The fraction of sp³-hybridized carbons (Fsp3) is 0.625. The van der Waals surface area contributed by atoms with Crippen molar-refractivity contribution in [3.63, 3.8) is 0 Å². The quantitative estimate of drug-likeness (QED) is 0.830. The molecular formula is C16H23Cl2NO2. The molecule has 2 atom stereocenters. The van der Waals surface area contributed by atoms with E-state index in [2.05, 4.69) is 19.2 Å². The molecule has 0 amide bonds. The van der Waals surface area contributed by atoms with Crippen molar-refractivity contribution < 1.29 is 9.84 Å². The van der Waals surface area contributed by atoms with Gasteiger partial charge in [0.25, 0.3) is 0 Å². The predicted molar refractivity (Wildman–Crippen MR) is 87.4 cm³/mol. The van der Waals surface area contributed by atoms with E-state index in [1.165, 1.54) is 19.3 Å². The highest BCUT2D eigenvalue weighted by atomic mass is 35.5. The molecule has 2 unspecified atom stereocenters. The Balaban J connectivity index is 1.76. The average Bonchev–Trinajstić information content (AvgIpc) is 2.74. The van der Waals surface area contributed by atoms with Gasteiger partial charge >= 0.3 is 0 Å². The van der Waals surface area contributed by atoms with E-state index < -0.39 is 6.10 Å². The van der Waals surface area contributed by atoms with Gasteiger partial charge in [0.1, 0.15) is 18.5 Å². The smallest absolute Gasteiger partial charge is 0.138 e. The monoisotopic (exact) mass is 331 g/mol. The van der Waals surface area contributed by atoms with Crippen LogP contribution in [-0.2, 0) is 0 Å². The topological polar surface area (TPSA) is 41.5 Å². The molecule has 1 fully saturated rings. The normalized spacial score (nSPS) is 22.2. The molecule has 1 aliphatic carbocycles. The molecule has 21 heavy (non-hydrogen) atoms. The number of benzene rings is 1. The van der Waals surface area contributed by atoms with Gasteiger partial charge in [-0.3, -0.25) is 0 Å². The summed E-state index contributed by atoms with van der Waals surface area (Å²) in [7, 11) is 0. The lowest BCUT2D eigenvalue weighted by Gasteiger charge is -2.28. The Morgan fingerprint density at radius 3 is 2.81 bits per heavy atom. The van der Waals surface area contributed by atoms with Gasteiger partial charge in [0, 0.05) is 17.6 Å². The lowest BCUT2D eigenvalue weighted by atomic mass is 9.87. The van der Waals surface area contributed by atoms with Crippen molar-refractivity contribution in [2.75, 3.05) is 13.2 Å². The zero-order valence-corrected chi connectivity index (χ0v) is 14.0. The maximum absolute atomic E-state index is 10.0. The zero-order valence-electron chi connectivity index (χ0n) is 12.5. The summed E-state index contributed by atoms with van der Waals surface area (Å²) in [6.07, 6.45) is 3.09. The van der Waals surface area contributed by atoms with E-state index in [4.69, 9.17) is 27.9 Å². The molecule has 0 aliphatic heterocycles. The minimum Gasteiger partial charge on any atom is -0.489 e. The summed E-state index contributed by atoms with van der Waals surface area (Å²) in [6, 6.07) is 5.52. The third-order valence-electron chi connectivity index (χ3n) is 4.18. The first-order valence-electron chi connectivity index (χ1n) is 7.38. The van der Waals surface area contributed by atoms with Gasteiger partial charge in [0.2, 0.25) is 0 Å². The molecule has 0 heterocycles. The second-order valence-electron chi connectivity index (χ2n) is 6.38. The van der Waals surface area contributed by atoms with Crippen LogP contribution < -0.4 is 10.1 Å². The Bertz CT molecular complexity index is 479. The molecule has 0 bridgehead atoms. The van der Waals surface area contributed by atoms with Gasteiger partial charge in [-0.2, -0.15) is 0 Å². The van der Waals surface area contributed by atoms with Gasteiger partial charge in [-0.25, -0.2) is 0 Å². The predicted octanol–water partition coefficient (Wildman–Crippen LogP) is 3.90. The first kappa shape index (κ1) is 16.9. The number of aliphatic hydroxyl groups excluding tert-OH is 1. The van der Waals surface area contributed by atoms with Crippen molar-refractivity contribution in [1.29, 1.82) is 0 Å². The van der Waals surface area contributed by atoms with Crippen LogP contribution in [0.4, 0.5) is 0 Å². The average molecular weight is 332 g/mol. The first-order chi connectivity index (χ1) is 9.88. The summed E-state index contributed by atoms with van der Waals surface area (Å²) >= 11 is 11.9. The molecule has 118 valence electrons. The van der Waals surface area contributed by atoms with E-state index in [1.54, 1.807) is 18.2 Å². The Labute approximate surface area is 136 Å². The molecule has 2 rings (SSSR count). The number of nitrogens with one attached hydrogen (secondary N) is 1. The second kappa shape index (κ2) is 7.19. The van der Waals surface area contributed by atoms with Crippen LogP contribution in [0.15, 0.2) is 18.2 Å². The van der Waals surface area contributed by atoms with E-state index in [-0.39, 0.29) is 6.61 Å². The van der Waals surface area contributed by atoms with Crippen LogP contribution in [0.1, 0.15) is 33.1 Å². The highest BCUT2D eigenvalue weighted by Crippen LogP contribution is 2.37. The molecule has 2 N–H and O–H groups in total. The molecule has 0 aromatic heterocycles. The van der Waals surface area contributed by atoms with Crippen molar-refractivity contribution in [2.45, 2.75) is 45.3 Å². The third kappa shape index (κ3) is 4.75. The Morgan fingerprint density at radius 2 is 2.19 bits per heavy atom. The van der Waals surface area contributed by atoms with Crippen molar-refractivity contribution in [3.8, 4) is 5.75 Å². The summed E-state index contributed by atoms with van der Waals surface area (Å²) in [5.74, 6) is 0.543. The summed E-state index contributed by atoms with van der Waals surface area (Å²) in [5, 5.41) is 14.5. The maximum atomic E-state index is 10.0. The summed E-state index contributed by atoms with van der Waals surface area (Å²) in [6.45, 7) is 5.28. The zero-order chi connectivity index (χ0) is 15.5. The fourth-order valence-corrected chi connectivity index (χ4v) is 3.28. The van der Waals surface area contributed by atoms with Crippen LogP contribution in [0.25, 0.3) is 0 Å². The lowest BCUT2D eigenvalue weighted by Crippen LogP contribution is -2.43. The number of aliphatic hydroxyl groups is 1. The van der Waals surface area contributed by atoms with Gasteiger partial charge in [0.15, 0.2) is 0 Å². The molecule has 1 aromatic carbocycles. The molecule has 1 saturated carbocycles. The number of hydrogen-bond donors (Lipinski definition) is 2. The van der Waals surface area contributed by atoms with Crippen LogP contribution in [0.3, 0.4) is 0 Å². The Morgan fingerprint density at radius 1 is 1.43 bits per heavy atom. The van der Waals surface area contributed by atoms with E-state index in [9.17, 15) is 5.11 Å². The second-order valence-corrected chi connectivity index (χ2v) is 7.22. The van der Waals surface area contributed by atoms with Crippen molar-refractivity contribution in [2.24, 2.45) is 5.41 Å². The number of halogens is 2. The molecule has 0 saturated heterocycles.